The van der Waals surface area contributed by atoms with E-state index in [4.69, 9.17) is 0 Å². The van der Waals surface area contributed by atoms with Crippen LogP contribution < -0.4 is 10.2 Å². The van der Waals surface area contributed by atoms with E-state index in [-0.39, 0.29) is 5.56 Å². The zero-order valence-corrected chi connectivity index (χ0v) is 20.8. The number of nitrogens with zero attached hydrogens (tertiary/aromatic N) is 4. The molecule has 6 rings (SSSR count). The normalized spacial score (nSPS) is 18.0. The lowest BCUT2D eigenvalue weighted by Gasteiger charge is -2.35. The topological polar surface area (TPSA) is 36.3 Å². The van der Waals surface area contributed by atoms with Crippen LogP contribution in [0.25, 0.3) is 11.1 Å². The van der Waals surface area contributed by atoms with Crippen LogP contribution in [0.2, 0.25) is 0 Å². The second-order valence-corrected chi connectivity index (χ2v) is 10.3. The Hall–Kier alpha value is -3.19. The van der Waals surface area contributed by atoms with Gasteiger partial charge in [-0.05, 0) is 91.3 Å². The predicted octanol–water partition coefficient (Wildman–Crippen LogP) is 6.04. The molecule has 0 bridgehead atoms. The second-order valence-electron chi connectivity index (χ2n) is 10.3. The summed E-state index contributed by atoms with van der Waals surface area (Å²) in [6.45, 7) is 8.57. The maximum Gasteiger partial charge on any atom is 0.264 e. The van der Waals surface area contributed by atoms with Crippen LogP contribution in [0, 0.1) is 0 Å². The number of aryl methyl sites for hydroxylation is 2. The lowest BCUT2D eigenvalue weighted by molar-refractivity contribution is 0.152. The van der Waals surface area contributed by atoms with Gasteiger partial charge in [0.15, 0.2) is 0 Å². The lowest BCUT2D eigenvalue weighted by Crippen LogP contribution is -2.28. The number of piperidine rings is 1. The van der Waals surface area contributed by atoms with Gasteiger partial charge < -0.3 is 15.1 Å². The average Bonchev–Trinajstić information content (AvgIpc) is 3.53. The van der Waals surface area contributed by atoms with Crippen LogP contribution in [-0.4, -0.2) is 34.3 Å². The SMILES string of the molecule is C=CN1Cc2cc(C3CCNCC3)cc(N3CCCc4cc(-c5cnn(C)c5)c(C(F)F)cc43)c2C1. The van der Waals surface area contributed by atoms with E-state index in [0.717, 1.165) is 75.2 Å². The van der Waals surface area contributed by atoms with E-state index in [1.54, 1.807) is 16.9 Å². The third-order valence-corrected chi connectivity index (χ3v) is 8.06. The highest BCUT2D eigenvalue weighted by Crippen LogP contribution is 2.45. The number of hydrogen-bond acceptors (Lipinski definition) is 4. The van der Waals surface area contributed by atoms with Gasteiger partial charge in [-0.3, -0.25) is 4.68 Å². The lowest BCUT2D eigenvalue weighted by atomic mass is 9.87. The first-order valence-corrected chi connectivity index (χ1v) is 13.0. The molecule has 3 aliphatic heterocycles. The molecule has 0 radical (unpaired) electrons. The summed E-state index contributed by atoms with van der Waals surface area (Å²) in [6, 6.07) is 8.46. The minimum absolute atomic E-state index is 0.0764. The highest BCUT2D eigenvalue weighted by Gasteiger charge is 2.30. The summed E-state index contributed by atoms with van der Waals surface area (Å²) >= 11 is 0. The molecule has 1 aromatic heterocycles. The van der Waals surface area contributed by atoms with Crippen molar-refractivity contribution in [2.75, 3.05) is 24.5 Å². The molecule has 0 saturated carbocycles. The third-order valence-electron chi connectivity index (χ3n) is 8.06. The zero-order valence-electron chi connectivity index (χ0n) is 20.8. The van der Waals surface area contributed by atoms with Crippen LogP contribution in [0.3, 0.4) is 0 Å². The number of aromatic nitrogens is 2. The Morgan fingerprint density at radius 1 is 1.08 bits per heavy atom. The van der Waals surface area contributed by atoms with Crippen molar-refractivity contribution in [3.05, 3.63) is 77.3 Å². The van der Waals surface area contributed by atoms with Gasteiger partial charge in [0.1, 0.15) is 0 Å². The largest absolute Gasteiger partial charge is 0.369 e. The van der Waals surface area contributed by atoms with E-state index >= 15 is 0 Å². The standard InChI is InChI=1S/C29H33F2N5/c1-3-35-17-22-11-21(19-6-8-32-9-7-19)13-28(26(22)18-35)36-10-4-5-20-12-24(23-15-33-34(2)16-23)25(29(30)31)14-27(20)36/h3,11-16,19,29,32H,1,4-10,17-18H2,2H3. The first kappa shape index (κ1) is 23.2. The minimum Gasteiger partial charge on any atom is -0.369 e. The highest BCUT2D eigenvalue weighted by molar-refractivity contribution is 5.78. The molecular weight excluding hydrogens is 456 g/mol. The van der Waals surface area contributed by atoms with Crippen molar-refractivity contribution < 1.29 is 8.78 Å². The summed E-state index contributed by atoms with van der Waals surface area (Å²) in [5, 5.41) is 7.69. The smallest absolute Gasteiger partial charge is 0.264 e. The van der Waals surface area contributed by atoms with Crippen LogP contribution in [0.1, 0.15) is 59.4 Å². The van der Waals surface area contributed by atoms with Crippen LogP contribution in [0.4, 0.5) is 20.2 Å². The van der Waals surface area contributed by atoms with Crippen molar-refractivity contribution in [2.24, 2.45) is 7.05 Å². The van der Waals surface area contributed by atoms with Crippen molar-refractivity contribution in [2.45, 2.75) is 51.1 Å². The van der Waals surface area contributed by atoms with E-state index < -0.39 is 6.43 Å². The molecule has 0 aliphatic carbocycles. The number of halogens is 2. The van der Waals surface area contributed by atoms with Gasteiger partial charge in [-0.2, -0.15) is 5.10 Å². The average molecular weight is 490 g/mol. The molecule has 0 unspecified atom stereocenters. The molecule has 5 nitrogen and oxygen atoms in total. The van der Waals surface area contributed by atoms with E-state index in [0.29, 0.717) is 11.5 Å². The van der Waals surface area contributed by atoms with Gasteiger partial charge in [0, 0.05) is 60.9 Å². The number of nitrogens with one attached hydrogen (secondary N) is 1. The second kappa shape index (κ2) is 9.36. The Labute approximate surface area is 211 Å². The number of rotatable bonds is 5. The van der Waals surface area contributed by atoms with Crippen molar-refractivity contribution in [3.63, 3.8) is 0 Å². The number of anilines is 2. The fourth-order valence-electron chi connectivity index (χ4n) is 6.19. The number of alkyl halides is 2. The van der Waals surface area contributed by atoms with E-state index in [1.807, 2.05) is 25.5 Å². The fourth-order valence-corrected chi connectivity index (χ4v) is 6.19. The molecule has 1 fully saturated rings. The van der Waals surface area contributed by atoms with Crippen molar-refractivity contribution in [1.29, 1.82) is 0 Å². The fraction of sp³-hybridized carbons (Fsp3) is 0.414. The van der Waals surface area contributed by atoms with Crippen molar-refractivity contribution in [1.82, 2.24) is 20.0 Å². The van der Waals surface area contributed by atoms with Gasteiger partial charge in [-0.15, -0.1) is 0 Å². The van der Waals surface area contributed by atoms with Crippen molar-refractivity contribution in [3.8, 4) is 11.1 Å². The van der Waals surface area contributed by atoms with E-state index in [2.05, 4.69) is 38.9 Å². The monoisotopic (exact) mass is 489 g/mol. The quantitative estimate of drug-likeness (QED) is 0.474. The Bertz CT molecular complexity index is 1290. The highest BCUT2D eigenvalue weighted by atomic mass is 19.3. The molecule has 36 heavy (non-hydrogen) atoms. The number of hydrogen-bond donors (Lipinski definition) is 1. The Morgan fingerprint density at radius 3 is 2.64 bits per heavy atom. The molecule has 7 heteroatoms. The molecule has 3 aromatic rings. The summed E-state index contributed by atoms with van der Waals surface area (Å²) in [4.78, 5) is 4.55. The summed E-state index contributed by atoms with van der Waals surface area (Å²) in [6.07, 6.45) is 6.97. The van der Waals surface area contributed by atoms with Crippen LogP contribution in [0.15, 0.2) is 49.4 Å². The summed E-state index contributed by atoms with van der Waals surface area (Å²) in [5.41, 5.74) is 8.66. The van der Waals surface area contributed by atoms with Crippen LogP contribution in [-0.2, 0) is 26.6 Å². The predicted molar refractivity (Wildman–Crippen MR) is 140 cm³/mol. The maximum atomic E-state index is 14.4. The van der Waals surface area contributed by atoms with Crippen LogP contribution >= 0.6 is 0 Å². The molecule has 3 aliphatic rings. The van der Waals surface area contributed by atoms with Gasteiger partial charge in [0.05, 0.1) is 6.20 Å². The van der Waals surface area contributed by atoms with Gasteiger partial charge in [0.2, 0.25) is 0 Å². The number of fused-ring (bicyclic) bond motifs is 2. The van der Waals surface area contributed by atoms with Crippen LogP contribution in [0.5, 0.6) is 0 Å². The van der Waals surface area contributed by atoms with E-state index in [1.165, 1.54) is 22.4 Å². The molecular formula is C29H33F2N5. The molecule has 1 N–H and O–H groups in total. The Balaban J connectivity index is 1.48. The molecule has 188 valence electrons. The molecule has 2 aromatic carbocycles. The molecule has 0 amide bonds. The summed E-state index contributed by atoms with van der Waals surface area (Å²) < 4.78 is 30.4. The van der Waals surface area contributed by atoms with Crippen molar-refractivity contribution >= 4 is 11.4 Å². The maximum absolute atomic E-state index is 14.4. The molecule has 0 spiro atoms. The molecule has 4 heterocycles. The van der Waals surface area contributed by atoms with Gasteiger partial charge in [-0.1, -0.05) is 12.6 Å². The summed E-state index contributed by atoms with van der Waals surface area (Å²) in [7, 11) is 1.81. The minimum atomic E-state index is -2.56. The van der Waals surface area contributed by atoms with Gasteiger partial charge in [0.25, 0.3) is 6.43 Å². The van der Waals surface area contributed by atoms with Gasteiger partial charge >= 0.3 is 0 Å². The molecule has 1 saturated heterocycles. The summed E-state index contributed by atoms with van der Waals surface area (Å²) in [5.74, 6) is 0.530. The zero-order chi connectivity index (χ0) is 24.8. The van der Waals surface area contributed by atoms with Gasteiger partial charge in [-0.25, -0.2) is 8.78 Å². The Kier molecular flexibility index (Phi) is 6.04. The third kappa shape index (κ3) is 4.09. The first-order valence-electron chi connectivity index (χ1n) is 13.0. The Morgan fingerprint density at radius 2 is 1.92 bits per heavy atom. The van der Waals surface area contributed by atoms with E-state index in [9.17, 15) is 8.78 Å². The molecule has 0 atom stereocenters. The first-order chi connectivity index (χ1) is 17.5. The number of benzene rings is 2.